The summed E-state index contributed by atoms with van der Waals surface area (Å²) >= 11 is 0. The molecule has 0 amide bonds. The van der Waals surface area contributed by atoms with E-state index in [2.05, 4.69) is 10.1 Å². The zero-order valence-corrected chi connectivity index (χ0v) is 11.0. The van der Waals surface area contributed by atoms with Crippen LogP contribution in [0.1, 0.15) is 12.0 Å². The lowest BCUT2D eigenvalue weighted by molar-refractivity contribution is 0.198. The number of anilines is 1. The van der Waals surface area contributed by atoms with E-state index >= 15 is 0 Å². The van der Waals surface area contributed by atoms with Crippen LogP contribution in [0.4, 0.5) is 5.69 Å². The van der Waals surface area contributed by atoms with Crippen LogP contribution in [0.3, 0.4) is 0 Å². The third kappa shape index (κ3) is 2.06. The van der Waals surface area contributed by atoms with Gasteiger partial charge in [-0.25, -0.2) is 0 Å². The van der Waals surface area contributed by atoms with Crippen LogP contribution in [-0.2, 0) is 0 Å². The van der Waals surface area contributed by atoms with Gasteiger partial charge in [-0.15, -0.1) is 0 Å². The van der Waals surface area contributed by atoms with E-state index in [-0.39, 0.29) is 11.9 Å². The van der Waals surface area contributed by atoms with Crippen molar-refractivity contribution >= 4 is 22.3 Å². The number of aliphatic hydroxyl groups excluding tert-OH is 1. The molecular weight excluding hydrogens is 254 g/mol. The van der Waals surface area contributed by atoms with Crippen LogP contribution >= 0.6 is 0 Å². The molecule has 104 valence electrons. The van der Waals surface area contributed by atoms with Gasteiger partial charge in [0.2, 0.25) is 0 Å². The molecule has 2 aromatic carbocycles. The van der Waals surface area contributed by atoms with Crippen molar-refractivity contribution in [1.82, 2.24) is 0 Å². The third-order valence-electron chi connectivity index (χ3n) is 3.79. The molecule has 0 aliphatic carbocycles. The van der Waals surface area contributed by atoms with Crippen molar-refractivity contribution in [3.05, 3.63) is 42.0 Å². The minimum absolute atomic E-state index is 0.106. The molecule has 0 saturated carbocycles. The maximum atomic E-state index is 9.70. The highest BCUT2D eigenvalue weighted by Gasteiger charge is 2.22. The number of β-amino-alcohol motifs (C(OH)–C–C–N with tert-alkyl or cyclic N) is 1. The Kier molecular flexibility index (Phi) is 3.20. The molecule has 0 spiro atoms. The van der Waals surface area contributed by atoms with Crippen LogP contribution in [-0.4, -0.2) is 35.3 Å². The van der Waals surface area contributed by atoms with Crippen molar-refractivity contribution in [2.75, 3.05) is 18.0 Å². The Morgan fingerprint density at radius 3 is 2.60 bits per heavy atom. The number of hydrogen-bond acceptors (Lipinski definition) is 4. The normalized spacial score (nSPS) is 19.8. The lowest BCUT2D eigenvalue weighted by Gasteiger charge is -2.21. The van der Waals surface area contributed by atoms with E-state index < -0.39 is 0 Å². The summed E-state index contributed by atoms with van der Waals surface area (Å²) < 4.78 is 0. The number of nitrogens with two attached hydrogens (primary N) is 1. The number of hydrogen-bond donors (Lipinski definition) is 3. The van der Waals surface area contributed by atoms with E-state index in [4.69, 9.17) is 10.9 Å². The van der Waals surface area contributed by atoms with Crippen LogP contribution in [0.2, 0.25) is 0 Å². The van der Waals surface area contributed by atoms with Gasteiger partial charge in [0.15, 0.2) is 5.84 Å². The number of benzene rings is 2. The summed E-state index contributed by atoms with van der Waals surface area (Å²) in [6.45, 7) is 1.49. The lowest BCUT2D eigenvalue weighted by atomic mass is 10.0. The molecule has 1 atom stereocenters. The van der Waals surface area contributed by atoms with Gasteiger partial charge in [-0.2, -0.15) is 0 Å². The molecule has 1 saturated heterocycles. The number of amidine groups is 1. The predicted molar refractivity (Wildman–Crippen MR) is 79.3 cm³/mol. The molecule has 2 aromatic rings. The molecule has 1 heterocycles. The Hall–Kier alpha value is -2.27. The molecule has 5 heteroatoms. The number of oxime groups is 1. The van der Waals surface area contributed by atoms with Gasteiger partial charge in [-0.1, -0.05) is 29.4 Å². The van der Waals surface area contributed by atoms with Gasteiger partial charge >= 0.3 is 0 Å². The second-order valence-electron chi connectivity index (χ2n) is 5.05. The molecule has 1 aliphatic rings. The largest absolute Gasteiger partial charge is 0.409 e. The number of rotatable bonds is 2. The fraction of sp³-hybridized carbons (Fsp3) is 0.267. The monoisotopic (exact) mass is 271 g/mol. The second-order valence-corrected chi connectivity index (χ2v) is 5.05. The Morgan fingerprint density at radius 1 is 1.20 bits per heavy atom. The van der Waals surface area contributed by atoms with Crippen LogP contribution in [0, 0.1) is 0 Å². The molecule has 4 N–H and O–H groups in total. The Morgan fingerprint density at radius 2 is 1.95 bits per heavy atom. The van der Waals surface area contributed by atoms with E-state index in [1.54, 1.807) is 0 Å². The highest BCUT2D eigenvalue weighted by molar-refractivity contribution is 6.11. The van der Waals surface area contributed by atoms with Gasteiger partial charge < -0.3 is 20.9 Å². The summed E-state index contributed by atoms with van der Waals surface area (Å²) in [4.78, 5) is 2.17. The van der Waals surface area contributed by atoms with E-state index in [0.717, 1.165) is 29.4 Å². The maximum Gasteiger partial charge on any atom is 0.170 e. The van der Waals surface area contributed by atoms with Crippen LogP contribution in [0.25, 0.3) is 10.8 Å². The quantitative estimate of drug-likeness (QED) is 0.334. The smallest absolute Gasteiger partial charge is 0.170 e. The first kappa shape index (κ1) is 12.7. The van der Waals surface area contributed by atoms with Crippen LogP contribution in [0.15, 0.2) is 41.6 Å². The lowest BCUT2D eigenvalue weighted by Crippen LogP contribution is -2.22. The molecule has 0 bridgehead atoms. The molecule has 5 nitrogen and oxygen atoms in total. The summed E-state index contributed by atoms with van der Waals surface area (Å²) in [7, 11) is 0. The Balaban J connectivity index is 2.16. The zero-order chi connectivity index (χ0) is 14.1. The highest BCUT2D eigenvalue weighted by atomic mass is 16.4. The minimum Gasteiger partial charge on any atom is -0.409 e. The summed E-state index contributed by atoms with van der Waals surface area (Å²) in [5, 5.41) is 23.7. The van der Waals surface area contributed by atoms with Crippen molar-refractivity contribution in [2.24, 2.45) is 10.9 Å². The van der Waals surface area contributed by atoms with Crippen LogP contribution in [0.5, 0.6) is 0 Å². The molecule has 1 unspecified atom stereocenters. The first-order valence-corrected chi connectivity index (χ1v) is 6.63. The summed E-state index contributed by atoms with van der Waals surface area (Å²) in [6.07, 6.45) is 0.522. The van der Waals surface area contributed by atoms with Crippen molar-refractivity contribution in [3.63, 3.8) is 0 Å². The minimum atomic E-state index is -0.266. The van der Waals surface area contributed by atoms with Gasteiger partial charge in [0, 0.05) is 29.7 Å². The molecule has 0 aromatic heterocycles. The van der Waals surface area contributed by atoms with Crippen molar-refractivity contribution in [1.29, 1.82) is 0 Å². The molecule has 1 fully saturated rings. The van der Waals surface area contributed by atoms with E-state index in [0.29, 0.717) is 12.1 Å². The molecular formula is C15H17N3O2. The van der Waals surface area contributed by atoms with Crippen molar-refractivity contribution in [3.8, 4) is 0 Å². The first-order valence-electron chi connectivity index (χ1n) is 6.63. The van der Waals surface area contributed by atoms with Gasteiger partial charge in [-0.3, -0.25) is 0 Å². The Labute approximate surface area is 116 Å². The summed E-state index contributed by atoms with van der Waals surface area (Å²) in [6, 6.07) is 11.7. The fourth-order valence-electron chi connectivity index (χ4n) is 2.80. The fourth-order valence-corrected chi connectivity index (χ4v) is 2.80. The maximum absolute atomic E-state index is 9.70. The summed E-state index contributed by atoms with van der Waals surface area (Å²) in [5.41, 5.74) is 7.52. The molecule has 3 rings (SSSR count). The average Bonchev–Trinajstić information content (AvgIpc) is 2.91. The third-order valence-corrected chi connectivity index (χ3v) is 3.79. The van der Waals surface area contributed by atoms with Gasteiger partial charge in [0.05, 0.1) is 6.10 Å². The van der Waals surface area contributed by atoms with Crippen molar-refractivity contribution < 1.29 is 10.3 Å². The second kappa shape index (κ2) is 5.02. The number of nitrogens with zero attached hydrogens (tertiary/aromatic N) is 2. The topological polar surface area (TPSA) is 82.1 Å². The zero-order valence-electron chi connectivity index (χ0n) is 11.0. The van der Waals surface area contributed by atoms with Crippen molar-refractivity contribution in [2.45, 2.75) is 12.5 Å². The number of aliphatic hydroxyl groups is 1. The molecule has 1 aliphatic heterocycles. The first-order chi connectivity index (χ1) is 9.70. The van der Waals surface area contributed by atoms with Gasteiger partial charge in [-0.05, 0) is 23.9 Å². The number of fused-ring (bicyclic) bond motifs is 1. The Bertz CT molecular complexity index is 669. The average molecular weight is 271 g/mol. The van der Waals surface area contributed by atoms with Crippen LogP contribution < -0.4 is 10.6 Å². The summed E-state index contributed by atoms with van der Waals surface area (Å²) in [5.74, 6) is 0.106. The van der Waals surface area contributed by atoms with E-state index in [1.165, 1.54) is 0 Å². The van der Waals surface area contributed by atoms with E-state index in [1.807, 2.05) is 36.4 Å². The highest BCUT2D eigenvalue weighted by Crippen LogP contribution is 2.31. The SMILES string of the molecule is N/C(=N/O)c1ccc(N2CCC(O)C2)c2ccccc12. The van der Waals surface area contributed by atoms with Gasteiger partial charge in [0.1, 0.15) is 0 Å². The van der Waals surface area contributed by atoms with Gasteiger partial charge in [0.25, 0.3) is 0 Å². The standard InChI is InChI=1S/C15H17N3O2/c16-15(17-20)13-5-6-14(18-8-7-10(19)9-18)12-4-2-1-3-11(12)13/h1-6,10,19-20H,7-9H2,(H2,16,17). The molecule has 0 radical (unpaired) electrons. The van der Waals surface area contributed by atoms with E-state index in [9.17, 15) is 5.11 Å². The predicted octanol–water partition coefficient (Wildman–Crippen LogP) is 1.51. The molecule has 20 heavy (non-hydrogen) atoms.